The van der Waals surface area contributed by atoms with Crippen LogP contribution in [0.25, 0.3) is 11.1 Å². The first-order valence-electron chi connectivity index (χ1n) is 15.7. The van der Waals surface area contributed by atoms with E-state index in [1.165, 1.54) is 38.4 Å². The molecule has 0 unspecified atom stereocenters. The number of nitrogens with zero attached hydrogens (tertiary/aromatic N) is 4. The number of hydrogen-bond acceptors (Lipinski definition) is 8. The summed E-state index contributed by atoms with van der Waals surface area (Å²) in [6.07, 6.45) is -8.13. The van der Waals surface area contributed by atoms with Gasteiger partial charge in [-0.3, -0.25) is 9.69 Å². The number of methoxy groups -OCH3 is 1. The van der Waals surface area contributed by atoms with Gasteiger partial charge in [0, 0.05) is 36.8 Å². The second-order valence-electron chi connectivity index (χ2n) is 12.0. The number of aromatic nitrogens is 2. The number of alkyl halides is 6. The molecule has 3 N–H and O–H groups in total. The van der Waals surface area contributed by atoms with E-state index in [2.05, 4.69) is 10.3 Å². The second-order valence-corrected chi connectivity index (χ2v) is 12.0. The summed E-state index contributed by atoms with van der Waals surface area (Å²) in [5.41, 5.74) is 4.00. The Bertz CT molecular complexity index is 1640. The molecule has 49 heavy (non-hydrogen) atoms. The average Bonchev–Trinajstić information content (AvgIpc) is 3.26. The minimum absolute atomic E-state index is 0.0259. The van der Waals surface area contributed by atoms with Crippen molar-refractivity contribution in [2.24, 2.45) is 5.73 Å². The highest BCUT2D eigenvalue weighted by Gasteiger charge is 2.43. The van der Waals surface area contributed by atoms with Crippen LogP contribution in [0.1, 0.15) is 60.2 Å². The Labute approximate surface area is 278 Å². The van der Waals surface area contributed by atoms with Crippen LogP contribution in [-0.2, 0) is 34.8 Å². The molecular weight excluding hydrogens is 658 g/mol. The van der Waals surface area contributed by atoms with Crippen LogP contribution in [-0.4, -0.2) is 66.2 Å². The number of carbonyl (C=O) groups is 2. The Morgan fingerprint density at radius 2 is 1.65 bits per heavy atom. The monoisotopic (exact) mass is 694 g/mol. The van der Waals surface area contributed by atoms with Crippen molar-refractivity contribution < 1.29 is 45.4 Å². The first-order chi connectivity index (χ1) is 23.2. The van der Waals surface area contributed by atoms with Gasteiger partial charge in [0.2, 0.25) is 11.9 Å². The van der Waals surface area contributed by atoms with Crippen molar-refractivity contribution in [3.8, 4) is 16.9 Å². The summed E-state index contributed by atoms with van der Waals surface area (Å²) in [5, 5.41) is 3.11. The SMILES string of the molecule is C1CNC1.COc1ccc(CCC(N)=O)cc1-c1cnc(N2CCC2)nc1CN1C(=O)O[C@H](c2cc(C(F)(F)F)cc(C(F)(F)F)c2)[C@@H]1C. The van der Waals surface area contributed by atoms with Crippen molar-refractivity contribution >= 4 is 17.9 Å². The van der Waals surface area contributed by atoms with E-state index in [-0.39, 0.29) is 19.0 Å². The molecule has 2 atom stereocenters. The first-order valence-corrected chi connectivity index (χ1v) is 15.7. The van der Waals surface area contributed by atoms with E-state index in [9.17, 15) is 35.9 Å². The quantitative estimate of drug-likeness (QED) is 0.267. The van der Waals surface area contributed by atoms with Crippen LogP contribution >= 0.6 is 0 Å². The zero-order chi connectivity index (χ0) is 35.5. The fourth-order valence-corrected chi connectivity index (χ4v) is 5.45. The van der Waals surface area contributed by atoms with Crippen molar-refractivity contribution in [2.75, 3.05) is 38.2 Å². The molecule has 3 saturated heterocycles. The molecule has 3 fully saturated rings. The number of anilines is 1. The number of nitrogens with two attached hydrogens (primary N) is 1. The smallest absolute Gasteiger partial charge is 0.416 e. The lowest BCUT2D eigenvalue weighted by molar-refractivity contribution is -0.143. The van der Waals surface area contributed by atoms with E-state index in [1.807, 2.05) is 4.90 Å². The van der Waals surface area contributed by atoms with E-state index < -0.39 is 53.2 Å². The molecule has 6 rings (SSSR count). The highest BCUT2D eigenvalue weighted by Crippen LogP contribution is 2.42. The van der Waals surface area contributed by atoms with Crippen LogP contribution < -0.4 is 20.7 Å². The summed E-state index contributed by atoms with van der Waals surface area (Å²) in [4.78, 5) is 36.8. The molecule has 0 spiro atoms. The van der Waals surface area contributed by atoms with Crippen molar-refractivity contribution in [1.82, 2.24) is 20.2 Å². The molecule has 2 amide bonds. The molecule has 4 heterocycles. The number of halogens is 6. The molecule has 0 bridgehead atoms. The van der Waals surface area contributed by atoms with Crippen LogP contribution in [0, 0.1) is 0 Å². The van der Waals surface area contributed by atoms with Crippen LogP contribution in [0.4, 0.5) is 37.1 Å². The highest BCUT2D eigenvalue weighted by molar-refractivity contribution is 5.76. The normalized spacial score (nSPS) is 19.0. The molecule has 1 aromatic heterocycles. The Morgan fingerprint density at radius 3 is 2.16 bits per heavy atom. The molecule has 0 saturated carbocycles. The second kappa shape index (κ2) is 14.5. The third kappa shape index (κ3) is 8.35. The van der Waals surface area contributed by atoms with E-state index in [1.54, 1.807) is 24.4 Å². The molecule has 3 aromatic rings. The molecular formula is C33H36F6N6O4. The van der Waals surface area contributed by atoms with E-state index in [0.717, 1.165) is 12.0 Å². The van der Waals surface area contributed by atoms with E-state index >= 15 is 0 Å². The maximum Gasteiger partial charge on any atom is 0.416 e. The predicted octanol–water partition coefficient (Wildman–Crippen LogP) is 5.88. The first kappa shape index (κ1) is 35.7. The maximum absolute atomic E-state index is 13.5. The molecule has 3 aliphatic rings. The number of benzene rings is 2. The third-order valence-corrected chi connectivity index (χ3v) is 8.57. The number of nitrogens with one attached hydrogen (secondary N) is 1. The van der Waals surface area contributed by atoms with Gasteiger partial charge in [-0.25, -0.2) is 14.8 Å². The molecule has 2 aromatic carbocycles. The largest absolute Gasteiger partial charge is 0.496 e. The summed E-state index contributed by atoms with van der Waals surface area (Å²) in [6, 6.07) is 5.44. The van der Waals surface area contributed by atoms with Gasteiger partial charge in [0.15, 0.2) is 0 Å². The summed E-state index contributed by atoms with van der Waals surface area (Å²) >= 11 is 0. The number of carbonyl (C=O) groups excluding carboxylic acids is 2. The maximum atomic E-state index is 13.5. The topological polar surface area (TPSA) is 123 Å². The van der Waals surface area contributed by atoms with Crippen LogP contribution in [0.2, 0.25) is 0 Å². The van der Waals surface area contributed by atoms with Gasteiger partial charge in [-0.15, -0.1) is 0 Å². The number of hydrogen-bond donors (Lipinski definition) is 2. The summed E-state index contributed by atoms with van der Waals surface area (Å²) in [5.74, 6) is 0.362. The molecule has 264 valence electrons. The number of aryl methyl sites for hydroxylation is 1. The van der Waals surface area contributed by atoms with Gasteiger partial charge in [0.05, 0.1) is 36.5 Å². The molecule has 16 heteroatoms. The predicted molar refractivity (Wildman–Crippen MR) is 167 cm³/mol. The lowest BCUT2D eigenvalue weighted by Crippen LogP contribution is -2.39. The Kier molecular flexibility index (Phi) is 10.6. The van der Waals surface area contributed by atoms with Gasteiger partial charge in [-0.1, -0.05) is 6.07 Å². The number of amides is 2. The summed E-state index contributed by atoms with van der Waals surface area (Å²) in [7, 11) is 1.46. The number of rotatable bonds is 9. The van der Waals surface area contributed by atoms with Gasteiger partial charge in [-0.05, 0) is 80.7 Å². The average molecular weight is 695 g/mol. The number of cyclic esters (lactones) is 1. The Balaban J connectivity index is 0.00000109. The molecule has 3 aliphatic heterocycles. The highest BCUT2D eigenvalue weighted by atomic mass is 19.4. The van der Waals surface area contributed by atoms with Crippen molar-refractivity contribution in [1.29, 1.82) is 0 Å². The fraction of sp³-hybridized carbons (Fsp3) is 0.455. The standard InChI is InChI=1S/C30H29F6N5O4.C3H7N/c1-16-26(18-11-19(29(31,32)33)13-20(12-18)30(34,35)36)45-28(43)41(16)15-23-22(14-38-27(39-23)40-8-3-9-40)21-10-17(5-7-25(37)42)4-6-24(21)44-2;1-2-4-3-1/h4,6,10-14,16,26H,3,5,7-9,15H2,1-2H3,(H2,37,42);4H,1-3H2/t16-,26-;/m0./s1. The minimum atomic E-state index is -5.06. The van der Waals surface area contributed by atoms with Crippen LogP contribution in [0.3, 0.4) is 0 Å². The summed E-state index contributed by atoms with van der Waals surface area (Å²) in [6.45, 7) is 5.21. The minimum Gasteiger partial charge on any atom is -0.496 e. The van der Waals surface area contributed by atoms with Crippen LogP contribution in [0.15, 0.2) is 42.6 Å². The summed E-state index contributed by atoms with van der Waals surface area (Å²) < 4.78 is 92.2. The van der Waals surface area contributed by atoms with Crippen LogP contribution in [0.5, 0.6) is 5.75 Å². The number of ether oxygens (including phenoxy) is 2. The lowest BCUT2D eigenvalue weighted by Gasteiger charge is -2.31. The fourth-order valence-electron chi connectivity index (χ4n) is 5.45. The zero-order valence-electron chi connectivity index (χ0n) is 26.8. The number of primary amides is 1. The lowest BCUT2D eigenvalue weighted by atomic mass is 9.97. The van der Waals surface area contributed by atoms with E-state index in [4.69, 9.17) is 20.2 Å². The van der Waals surface area contributed by atoms with Gasteiger partial charge < -0.3 is 25.4 Å². The van der Waals surface area contributed by atoms with Gasteiger partial charge in [-0.2, -0.15) is 26.3 Å². The molecule has 10 nitrogen and oxygen atoms in total. The van der Waals surface area contributed by atoms with Gasteiger partial charge in [0.1, 0.15) is 11.9 Å². The molecule has 0 aliphatic carbocycles. The Hall–Kier alpha value is -4.60. The Morgan fingerprint density at radius 1 is 1.02 bits per heavy atom. The van der Waals surface area contributed by atoms with Crippen molar-refractivity contribution in [3.05, 3.63) is 70.5 Å². The third-order valence-electron chi connectivity index (χ3n) is 8.57. The van der Waals surface area contributed by atoms with Gasteiger partial charge >= 0.3 is 18.4 Å². The van der Waals surface area contributed by atoms with Crippen molar-refractivity contribution in [3.63, 3.8) is 0 Å². The van der Waals surface area contributed by atoms with Gasteiger partial charge in [0.25, 0.3) is 0 Å². The zero-order valence-corrected chi connectivity index (χ0v) is 26.8. The molecule has 0 radical (unpaired) electrons. The van der Waals surface area contributed by atoms with Crippen molar-refractivity contribution in [2.45, 2.75) is 63.7 Å². The van der Waals surface area contributed by atoms with E-state index in [0.29, 0.717) is 60.2 Å².